The highest BCUT2D eigenvalue weighted by atomic mass is 16.7. The van der Waals surface area contributed by atoms with E-state index in [0.717, 1.165) is 0 Å². The van der Waals surface area contributed by atoms with Gasteiger partial charge in [0.25, 0.3) is 5.91 Å². The number of hydrogen-bond donors (Lipinski definition) is 6. The van der Waals surface area contributed by atoms with Crippen molar-refractivity contribution in [2.75, 3.05) is 45.4 Å². The Hall–Kier alpha value is -6.21. The van der Waals surface area contributed by atoms with Crippen LogP contribution >= 0.6 is 0 Å². The van der Waals surface area contributed by atoms with E-state index in [1.807, 2.05) is 6.92 Å². The van der Waals surface area contributed by atoms with Gasteiger partial charge in [0.2, 0.25) is 17.7 Å². The summed E-state index contributed by atoms with van der Waals surface area (Å²) in [6.07, 6.45) is -0.0681. The summed E-state index contributed by atoms with van der Waals surface area (Å²) in [5, 5.41) is 30.0. The van der Waals surface area contributed by atoms with E-state index < -0.39 is 41.7 Å². The molecule has 3 aromatic rings. The standard InChI is InChI=1S/C46H54N4O14/c1-23-7-5-8-28-39(23)44(57)31-21-29-30(43(56)40(31)42(28)55)18-26(25(3)51)19-34(29)64-38-20-27(17-24(2)63-38)49-36(53)10-6-9-35(52)48-13-14-61-15-16-62-22-37(54)50-32-11-12-33(60-4)41(45(32)58)46(47)59/h5,7-8,11-12,21,24,26-27,34,38,56,58H,6,9-10,13-20,22H2,1-4H3,(H2,47,59)(H,48,52)(H,49,53)(H,50,54)/t24-,26+,27+,34+,38+/m0/s1. The summed E-state index contributed by atoms with van der Waals surface area (Å²) < 4.78 is 28.4. The van der Waals surface area contributed by atoms with Crippen molar-refractivity contribution in [3.63, 3.8) is 0 Å². The third-order valence-electron chi connectivity index (χ3n) is 11.5. The van der Waals surface area contributed by atoms with Crippen LogP contribution in [0.3, 0.4) is 0 Å². The number of primary amides is 1. The van der Waals surface area contributed by atoms with Crippen molar-refractivity contribution in [2.24, 2.45) is 11.7 Å². The molecule has 64 heavy (non-hydrogen) atoms. The third kappa shape index (κ3) is 10.9. The fraction of sp³-hybridized carbons (Fsp3) is 0.457. The van der Waals surface area contributed by atoms with E-state index in [9.17, 15) is 43.8 Å². The molecule has 0 saturated carbocycles. The number of nitrogens with one attached hydrogen (secondary N) is 3. The monoisotopic (exact) mass is 886 g/mol. The highest BCUT2D eigenvalue weighted by molar-refractivity contribution is 6.30. The molecule has 0 radical (unpaired) electrons. The van der Waals surface area contributed by atoms with Crippen molar-refractivity contribution in [1.82, 2.24) is 10.6 Å². The quantitative estimate of drug-likeness (QED) is 0.0582. The van der Waals surface area contributed by atoms with Gasteiger partial charge < -0.3 is 55.6 Å². The van der Waals surface area contributed by atoms with E-state index in [1.165, 1.54) is 26.2 Å². The molecule has 18 heteroatoms. The summed E-state index contributed by atoms with van der Waals surface area (Å²) >= 11 is 0. The largest absolute Gasteiger partial charge is 0.507 e. The summed E-state index contributed by atoms with van der Waals surface area (Å²) in [5.74, 6) is -4.24. The molecule has 1 heterocycles. The Labute approximate surface area is 369 Å². The lowest BCUT2D eigenvalue weighted by Crippen LogP contribution is -2.46. The first-order valence-corrected chi connectivity index (χ1v) is 21.2. The third-order valence-corrected chi connectivity index (χ3v) is 11.5. The minimum absolute atomic E-state index is 0.0378. The zero-order valence-corrected chi connectivity index (χ0v) is 36.2. The van der Waals surface area contributed by atoms with Gasteiger partial charge in [0.05, 0.1) is 50.4 Å². The van der Waals surface area contributed by atoms with Gasteiger partial charge in [-0.15, -0.1) is 0 Å². The lowest BCUT2D eigenvalue weighted by molar-refractivity contribution is -0.221. The molecule has 18 nitrogen and oxygen atoms in total. The number of methoxy groups -OCH3 is 1. The number of rotatable bonds is 19. The molecule has 342 valence electrons. The molecule has 3 aliphatic rings. The number of Topliss-reactive ketones (excluding diaryl/α,β-unsaturated/α-hetero) is 1. The molecule has 1 saturated heterocycles. The molecule has 4 amide bonds. The van der Waals surface area contributed by atoms with Gasteiger partial charge in [-0.25, -0.2) is 0 Å². The SMILES string of the molecule is COc1ccc(NC(=O)COCCOCCNC(=O)CCCC(=O)N[C@H]2C[C@@H](O[C@@H]3C[C@H](C(C)=O)Cc4c3cc3c(c4O)C(=O)c4cccc(C)c4C3=O)O[C@@H](C)C2)c(O)c1C(N)=O. The molecule has 0 aromatic heterocycles. The van der Waals surface area contributed by atoms with Gasteiger partial charge in [-0.05, 0) is 75.8 Å². The van der Waals surface area contributed by atoms with Crippen molar-refractivity contribution in [3.05, 3.63) is 80.9 Å². The molecule has 2 aliphatic carbocycles. The van der Waals surface area contributed by atoms with Crippen LogP contribution in [0.2, 0.25) is 0 Å². The minimum atomic E-state index is -0.926. The Bertz CT molecular complexity index is 2330. The van der Waals surface area contributed by atoms with E-state index in [-0.39, 0.29) is 134 Å². The Morgan fingerprint density at radius 2 is 1.61 bits per heavy atom. The molecule has 5 atom stereocenters. The number of carbonyl (C=O) groups is 7. The number of nitrogens with two attached hydrogens (primary N) is 1. The maximum Gasteiger partial charge on any atom is 0.256 e. The van der Waals surface area contributed by atoms with Gasteiger partial charge in [-0.2, -0.15) is 0 Å². The van der Waals surface area contributed by atoms with Crippen LogP contribution in [0, 0.1) is 12.8 Å². The minimum Gasteiger partial charge on any atom is -0.507 e. The number of phenols is 2. The predicted molar refractivity (Wildman–Crippen MR) is 228 cm³/mol. The first-order valence-electron chi connectivity index (χ1n) is 21.2. The Morgan fingerprint density at radius 3 is 2.34 bits per heavy atom. The second kappa shape index (κ2) is 21.0. The number of carbonyl (C=O) groups excluding carboxylic acids is 7. The first-order chi connectivity index (χ1) is 30.6. The fourth-order valence-electron chi connectivity index (χ4n) is 8.42. The van der Waals surface area contributed by atoms with Gasteiger partial charge >= 0.3 is 0 Å². The number of ether oxygens (including phenoxy) is 5. The summed E-state index contributed by atoms with van der Waals surface area (Å²) in [6, 6.07) is 9.06. The summed E-state index contributed by atoms with van der Waals surface area (Å²) in [4.78, 5) is 89.4. The molecule has 0 unspecified atom stereocenters. The second-order valence-corrected chi connectivity index (χ2v) is 16.2. The lowest BCUT2D eigenvalue weighted by atomic mass is 9.74. The molecule has 0 bridgehead atoms. The molecular formula is C46H54N4O14. The number of amides is 4. The first kappa shape index (κ1) is 47.3. The van der Waals surface area contributed by atoms with Crippen LogP contribution in [0.1, 0.15) is 117 Å². The van der Waals surface area contributed by atoms with Crippen LogP contribution in [0.5, 0.6) is 17.2 Å². The molecule has 1 fully saturated rings. The van der Waals surface area contributed by atoms with E-state index in [2.05, 4.69) is 16.0 Å². The number of ketones is 3. The van der Waals surface area contributed by atoms with Crippen LogP contribution in [0.25, 0.3) is 0 Å². The van der Waals surface area contributed by atoms with Gasteiger partial charge in [-0.1, -0.05) is 18.2 Å². The summed E-state index contributed by atoms with van der Waals surface area (Å²) in [6.45, 7) is 5.33. The Morgan fingerprint density at radius 1 is 0.875 bits per heavy atom. The van der Waals surface area contributed by atoms with Crippen molar-refractivity contribution in [3.8, 4) is 17.2 Å². The molecule has 3 aromatic carbocycles. The number of hydrogen-bond acceptors (Lipinski definition) is 14. The van der Waals surface area contributed by atoms with Crippen molar-refractivity contribution in [2.45, 2.75) is 90.3 Å². The lowest BCUT2D eigenvalue weighted by Gasteiger charge is -2.39. The molecule has 1 aliphatic heterocycles. The molecular weight excluding hydrogens is 833 g/mol. The zero-order chi connectivity index (χ0) is 46.2. The highest BCUT2D eigenvalue weighted by Crippen LogP contribution is 2.46. The normalized spacial score (nSPS) is 20.0. The maximum atomic E-state index is 13.8. The number of phenolic OH excluding ortho intramolecular Hbond substituents is 1. The van der Waals surface area contributed by atoms with Gasteiger partial charge in [0.15, 0.2) is 23.6 Å². The number of anilines is 1. The van der Waals surface area contributed by atoms with Gasteiger partial charge in [0.1, 0.15) is 29.5 Å². The van der Waals surface area contributed by atoms with E-state index in [1.54, 1.807) is 31.2 Å². The number of fused-ring (bicyclic) bond motifs is 3. The number of aryl methyl sites for hydroxylation is 1. The van der Waals surface area contributed by atoms with Crippen LogP contribution in [-0.2, 0) is 44.5 Å². The Kier molecular flexibility index (Phi) is 15.5. The van der Waals surface area contributed by atoms with Gasteiger partial charge in [-0.3, -0.25) is 33.6 Å². The number of aromatic hydroxyl groups is 2. The van der Waals surface area contributed by atoms with E-state index in [0.29, 0.717) is 41.5 Å². The van der Waals surface area contributed by atoms with Crippen LogP contribution in [0.4, 0.5) is 5.69 Å². The average molecular weight is 887 g/mol. The van der Waals surface area contributed by atoms with Crippen molar-refractivity contribution >= 4 is 46.7 Å². The van der Waals surface area contributed by atoms with Crippen LogP contribution < -0.4 is 26.4 Å². The van der Waals surface area contributed by atoms with E-state index >= 15 is 0 Å². The van der Waals surface area contributed by atoms with E-state index in [4.69, 9.17) is 29.4 Å². The maximum absolute atomic E-state index is 13.8. The zero-order valence-electron chi connectivity index (χ0n) is 36.2. The summed E-state index contributed by atoms with van der Waals surface area (Å²) in [5.41, 5.74) is 7.09. The van der Waals surface area contributed by atoms with Crippen molar-refractivity contribution < 1.29 is 67.5 Å². The topological polar surface area (TPSA) is 268 Å². The number of benzene rings is 3. The second-order valence-electron chi connectivity index (χ2n) is 16.2. The van der Waals surface area contributed by atoms with Crippen LogP contribution in [0.15, 0.2) is 36.4 Å². The smallest absolute Gasteiger partial charge is 0.256 e. The highest BCUT2D eigenvalue weighted by Gasteiger charge is 2.41. The summed E-state index contributed by atoms with van der Waals surface area (Å²) in [7, 11) is 1.31. The Balaban J connectivity index is 0.910. The molecule has 7 N–H and O–H groups in total. The molecule has 6 rings (SSSR count). The average Bonchev–Trinajstić information content (AvgIpc) is 3.23. The predicted octanol–water partition coefficient (Wildman–Crippen LogP) is 3.47. The van der Waals surface area contributed by atoms with Crippen molar-refractivity contribution in [1.29, 1.82) is 0 Å². The van der Waals surface area contributed by atoms with Crippen LogP contribution in [-0.4, -0.2) is 110 Å². The fourth-order valence-corrected chi connectivity index (χ4v) is 8.42. The van der Waals surface area contributed by atoms with Gasteiger partial charge in [0, 0.05) is 60.0 Å². The molecule has 0 spiro atoms.